The summed E-state index contributed by atoms with van der Waals surface area (Å²) in [6, 6.07) is 0. The molecule has 0 saturated carbocycles. The number of ether oxygens (including phenoxy) is 1. The van der Waals surface area contributed by atoms with Crippen molar-refractivity contribution < 1.29 is 4.74 Å². The molecule has 0 aliphatic heterocycles. The van der Waals surface area contributed by atoms with Gasteiger partial charge in [0.2, 0.25) is 0 Å². The first-order valence-corrected chi connectivity index (χ1v) is 4.53. The molecule has 0 unspecified atom stereocenters. The Balaban J connectivity index is 3.02. The largest absolute Gasteiger partial charge is 0.380 e. The molecule has 0 aromatic carbocycles. The lowest BCUT2D eigenvalue weighted by atomic mass is 10.1. The molecule has 11 heavy (non-hydrogen) atoms. The summed E-state index contributed by atoms with van der Waals surface area (Å²) in [6.45, 7) is 7.22. The molecule has 0 fully saturated rings. The van der Waals surface area contributed by atoms with Crippen LogP contribution in [-0.4, -0.2) is 7.11 Å². The normalized spacial score (nSPS) is 10.5. The van der Waals surface area contributed by atoms with Gasteiger partial charge in [-0.2, -0.15) is 0 Å². The number of thiophene rings is 1. The standard InChI is InChI=1S/C9H14OS/c1-6-7(2)11-8(3)9(6)5-10-4/h5H2,1-4H3. The fourth-order valence-electron chi connectivity index (χ4n) is 1.20. The van der Waals surface area contributed by atoms with Crippen molar-refractivity contribution in [1.82, 2.24) is 0 Å². The lowest BCUT2D eigenvalue weighted by molar-refractivity contribution is 0.184. The third kappa shape index (κ3) is 1.63. The fraction of sp³-hybridized carbons (Fsp3) is 0.556. The van der Waals surface area contributed by atoms with E-state index in [2.05, 4.69) is 20.8 Å². The highest BCUT2D eigenvalue weighted by atomic mass is 32.1. The Kier molecular flexibility index (Phi) is 2.68. The second-order valence-corrected chi connectivity index (χ2v) is 4.18. The van der Waals surface area contributed by atoms with Gasteiger partial charge in [0.1, 0.15) is 0 Å². The molecule has 1 heterocycles. The van der Waals surface area contributed by atoms with Crippen LogP contribution in [0.25, 0.3) is 0 Å². The third-order valence-electron chi connectivity index (χ3n) is 2.00. The number of rotatable bonds is 2. The van der Waals surface area contributed by atoms with E-state index in [1.54, 1.807) is 7.11 Å². The molecular weight excluding hydrogens is 156 g/mol. The first-order chi connectivity index (χ1) is 5.16. The minimum absolute atomic E-state index is 0.752. The van der Waals surface area contributed by atoms with Crippen molar-refractivity contribution in [2.75, 3.05) is 7.11 Å². The quantitative estimate of drug-likeness (QED) is 0.663. The van der Waals surface area contributed by atoms with Crippen LogP contribution >= 0.6 is 11.3 Å². The van der Waals surface area contributed by atoms with Crippen LogP contribution in [0.1, 0.15) is 20.9 Å². The molecule has 0 N–H and O–H groups in total. The zero-order valence-corrected chi connectivity index (χ0v) is 8.34. The van der Waals surface area contributed by atoms with Crippen molar-refractivity contribution in [1.29, 1.82) is 0 Å². The topological polar surface area (TPSA) is 9.23 Å². The van der Waals surface area contributed by atoms with E-state index in [9.17, 15) is 0 Å². The van der Waals surface area contributed by atoms with E-state index in [4.69, 9.17) is 4.74 Å². The maximum atomic E-state index is 5.11. The molecule has 1 aromatic heterocycles. The smallest absolute Gasteiger partial charge is 0.0726 e. The van der Waals surface area contributed by atoms with E-state index in [1.165, 1.54) is 20.9 Å². The van der Waals surface area contributed by atoms with Crippen molar-refractivity contribution >= 4 is 11.3 Å². The Labute approximate surface area is 72.0 Å². The van der Waals surface area contributed by atoms with Gasteiger partial charge in [0.25, 0.3) is 0 Å². The van der Waals surface area contributed by atoms with Crippen LogP contribution in [0.3, 0.4) is 0 Å². The second-order valence-electron chi connectivity index (χ2n) is 2.75. The van der Waals surface area contributed by atoms with Gasteiger partial charge in [-0.3, -0.25) is 0 Å². The predicted octanol–water partition coefficient (Wildman–Crippen LogP) is 2.82. The van der Waals surface area contributed by atoms with Crippen LogP contribution in [0.15, 0.2) is 0 Å². The molecule has 0 aliphatic rings. The van der Waals surface area contributed by atoms with E-state index in [0.29, 0.717) is 0 Å². The second kappa shape index (κ2) is 3.37. The van der Waals surface area contributed by atoms with Gasteiger partial charge >= 0.3 is 0 Å². The van der Waals surface area contributed by atoms with Gasteiger partial charge < -0.3 is 4.74 Å². The van der Waals surface area contributed by atoms with Crippen molar-refractivity contribution in [2.24, 2.45) is 0 Å². The van der Waals surface area contributed by atoms with Gasteiger partial charge in [-0.15, -0.1) is 11.3 Å². The molecule has 0 spiro atoms. The molecule has 0 radical (unpaired) electrons. The lowest BCUT2D eigenvalue weighted by Crippen LogP contribution is -1.89. The van der Waals surface area contributed by atoms with Gasteiger partial charge in [-0.25, -0.2) is 0 Å². The Morgan fingerprint density at radius 3 is 2.18 bits per heavy atom. The van der Waals surface area contributed by atoms with E-state index >= 15 is 0 Å². The van der Waals surface area contributed by atoms with Crippen molar-refractivity contribution in [2.45, 2.75) is 27.4 Å². The highest BCUT2D eigenvalue weighted by Crippen LogP contribution is 2.26. The Bertz CT molecular complexity index is 250. The summed E-state index contributed by atoms with van der Waals surface area (Å²) in [5.41, 5.74) is 2.77. The summed E-state index contributed by atoms with van der Waals surface area (Å²) in [6.07, 6.45) is 0. The monoisotopic (exact) mass is 170 g/mol. The summed E-state index contributed by atoms with van der Waals surface area (Å²) >= 11 is 1.86. The highest BCUT2D eigenvalue weighted by Gasteiger charge is 2.07. The molecule has 1 aromatic rings. The molecule has 0 amide bonds. The number of hydrogen-bond acceptors (Lipinski definition) is 2. The molecule has 2 heteroatoms. The third-order valence-corrected chi connectivity index (χ3v) is 3.17. The predicted molar refractivity (Wildman–Crippen MR) is 49.2 cm³/mol. The molecule has 0 aliphatic carbocycles. The molecule has 0 bridgehead atoms. The Morgan fingerprint density at radius 2 is 1.82 bits per heavy atom. The number of aryl methyl sites for hydroxylation is 2. The van der Waals surface area contributed by atoms with Crippen LogP contribution in [0.2, 0.25) is 0 Å². The van der Waals surface area contributed by atoms with Crippen LogP contribution in [0.5, 0.6) is 0 Å². The average molecular weight is 170 g/mol. The van der Waals surface area contributed by atoms with Gasteiger partial charge in [0.15, 0.2) is 0 Å². The zero-order chi connectivity index (χ0) is 8.43. The Hall–Kier alpha value is -0.340. The summed E-state index contributed by atoms with van der Waals surface area (Å²) < 4.78 is 5.11. The van der Waals surface area contributed by atoms with Crippen molar-refractivity contribution in [3.8, 4) is 0 Å². The molecule has 62 valence electrons. The maximum Gasteiger partial charge on any atom is 0.0726 e. The molecule has 1 rings (SSSR count). The minimum Gasteiger partial charge on any atom is -0.380 e. The first-order valence-electron chi connectivity index (χ1n) is 3.71. The maximum absolute atomic E-state index is 5.11. The van der Waals surface area contributed by atoms with E-state index in [1.807, 2.05) is 11.3 Å². The van der Waals surface area contributed by atoms with Crippen LogP contribution in [0, 0.1) is 20.8 Å². The highest BCUT2D eigenvalue weighted by molar-refractivity contribution is 7.12. The fourth-order valence-corrected chi connectivity index (χ4v) is 2.27. The van der Waals surface area contributed by atoms with Crippen LogP contribution < -0.4 is 0 Å². The van der Waals surface area contributed by atoms with Gasteiger partial charge in [-0.05, 0) is 31.9 Å². The minimum atomic E-state index is 0.752. The van der Waals surface area contributed by atoms with Crippen molar-refractivity contribution in [3.63, 3.8) is 0 Å². The van der Waals surface area contributed by atoms with E-state index in [0.717, 1.165) is 6.61 Å². The average Bonchev–Trinajstić information content (AvgIpc) is 2.17. The van der Waals surface area contributed by atoms with Crippen LogP contribution in [-0.2, 0) is 11.3 Å². The van der Waals surface area contributed by atoms with Crippen LogP contribution in [0.4, 0.5) is 0 Å². The first kappa shape index (κ1) is 8.75. The van der Waals surface area contributed by atoms with E-state index in [-0.39, 0.29) is 0 Å². The molecule has 0 atom stereocenters. The van der Waals surface area contributed by atoms with Crippen molar-refractivity contribution in [3.05, 3.63) is 20.9 Å². The summed E-state index contributed by atoms with van der Waals surface area (Å²) in [5, 5.41) is 0. The summed E-state index contributed by atoms with van der Waals surface area (Å²) in [5.74, 6) is 0. The van der Waals surface area contributed by atoms with Gasteiger partial charge in [-0.1, -0.05) is 0 Å². The lowest BCUT2D eigenvalue weighted by Gasteiger charge is -1.99. The SMILES string of the molecule is COCc1c(C)sc(C)c1C. The summed E-state index contributed by atoms with van der Waals surface area (Å²) in [4.78, 5) is 2.80. The number of hydrogen-bond donors (Lipinski definition) is 0. The van der Waals surface area contributed by atoms with Gasteiger partial charge in [0, 0.05) is 16.9 Å². The number of methoxy groups -OCH3 is 1. The zero-order valence-electron chi connectivity index (χ0n) is 7.52. The molecule has 0 saturated heterocycles. The molecular formula is C9H14OS. The summed E-state index contributed by atoms with van der Waals surface area (Å²) in [7, 11) is 1.74. The molecule has 1 nitrogen and oxygen atoms in total. The van der Waals surface area contributed by atoms with E-state index < -0.39 is 0 Å². The van der Waals surface area contributed by atoms with Gasteiger partial charge in [0.05, 0.1) is 6.61 Å². The Morgan fingerprint density at radius 1 is 1.18 bits per heavy atom.